The normalized spacial score (nSPS) is 14.3. The van der Waals surface area contributed by atoms with Gasteiger partial charge in [0.15, 0.2) is 17.5 Å². The van der Waals surface area contributed by atoms with Crippen LogP contribution in [0.4, 0.5) is 0 Å². The SMILES string of the molecule is CCc1nncn1CCNC(=NC)NCc1ccc(OC2CCCC2)c(OC)c1.I. The number of nitrogens with one attached hydrogen (secondary N) is 2. The fraction of sp³-hybridized carbons (Fsp3) is 0.571. The molecule has 166 valence electrons. The monoisotopic (exact) mass is 528 g/mol. The Kier molecular flexibility index (Phi) is 10.2. The number of hydrogen-bond donors (Lipinski definition) is 2. The van der Waals surface area contributed by atoms with E-state index in [1.807, 2.05) is 16.7 Å². The third-order valence-electron chi connectivity index (χ3n) is 5.16. The summed E-state index contributed by atoms with van der Waals surface area (Å²) in [4.78, 5) is 4.29. The van der Waals surface area contributed by atoms with Crippen LogP contribution < -0.4 is 20.1 Å². The number of hydrogen-bond acceptors (Lipinski definition) is 5. The lowest BCUT2D eigenvalue weighted by atomic mass is 10.2. The van der Waals surface area contributed by atoms with Crippen LogP contribution in [0.1, 0.15) is 44.0 Å². The Morgan fingerprint density at radius 1 is 1.23 bits per heavy atom. The molecule has 0 amide bonds. The van der Waals surface area contributed by atoms with Crippen LogP contribution in [0.5, 0.6) is 11.5 Å². The molecule has 1 aliphatic carbocycles. The van der Waals surface area contributed by atoms with Gasteiger partial charge in [0.1, 0.15) is 12.2 Å². The van der Waals surface area contributed by atoms with Crippen molar-refractivity contribution in [3.8, 4) is 11.5 Å². The molecule has 1 aromatic carbocycles. The van der Waals surface area contributed by atoms with E-state index >= 15 is 0 Å². The van der Waals surface area contributed by atoms with E-state index < -0.39 is 0 Å². The predicted molar refractivity (Wildman–Crippen MR) is 129 cm³/mol. The van der Waals surface area contributed by atoms with Gasteiger partial charge < -0.3 is 24.7 Å². The fourth-order valence-corrected chi connectivity index (χ4v) is 3.55. The van der Waals surface area contributed by atoms with Gasteiger partial charge in [0.2, 0.25) is 0 Å². The number of methoxy groups -OCH3 is 1. The van der Waals surface area contributed by atoms with Crippen molar-refractivity contribution in [3.63, 3.8) is 0 Å². The number of halogens is 1. The average Bonchev–Trinajstić information content (AvgIpc) is 3.43. The number of aromatic nitrogens is 3. The summed E-state index contributed by atoms with van der Waals surface area (Å²) < 4.78 is 13.7. The lowest BCUT2D eigenvalue weighted by Crippen LogP contribution is -2.38. The summed E-state index contributed by atoms with van der Waals surface area (Å²) in [6.45, 7) is 4.25. The van der Waals surface area contributed by atoms with Crippen molar-refractivity contribution < 1.29 is 9.47 Å². The molecule has 8 nitrogen and oxygen atoms in total. The second kappa shape index (κ2) is 12.6. The van der Waals surface area contributed by atoms with Crippen molar-refractivity contribution in [2.45, 2.75) is 58.2 Å². The first-order valence-corrected chi connectivity index (χ1v) is 10.4. The Labute approximate surface area is 195 Å². The molecule has 0 saturated heterocycles. The highest BCUT2D eigenvalue weighted by molar-refractivity contribution is 14.0. The highest BCUT2D eigenvalue weighted by atomic mass is 127. The first-order chi connectivity index (χ1) is 14.2. The minimum absolute atomic E-state index is 0. The van der Waals surface area contributed by atoms with Crippen LogP contribution in [0.15, 0.2) is 29.5 Å². The van der Waals surface area contributed by atoms with Gasteiger partial charge >= 0.3 is 0 Å². The standard InChI is InChI=1S/C21H32N6O2.HI/c1-4-20-26-25-15-27(20)12-11-23-21(22-2)24-14-16-9-10-18(19(13-16)28-3)29-17-7-5-6-8-17;/h9-10,13,15,17H,4-8,11-12,14H2,1-3H3,(H2,22,23,24);1H. The van der Waals surface area contributed by atoms with E-state index in [0.717, 1.165) is 61.2 Å². The smallest absolute Gasteiger partial charge is 0.191 e. The summed E-state index contributed by atoms with van der Waals surface area (Å²) in [5.74, 6) is 3.34. The fourth-order valence-electron chi connectivity index (χ4n) is 3.55. The van der Waals surface area contributed by atoms with E-state index in [2.05, 4.69) is 38.8 Å². The molecule has 0 aliphatic heterocycles. The molecule has 0 spiro atoms. The quantitative estimate of drug-likeness (QED) is 0.296. The highest BCUT2D eigenvalue weighted by Crippen LogP contribution is 2.32. The van der Waals surface area contributed by atoms with Crippen LogP contribution in [0.3, 0.4) is 0 Å². The van der Waals surface area contributed by atoms with Crippen LogP contribution in [-0.4, -0.2) is 47.5 Å². The third-order valence-corrected chi connectivity index (χ3v) is 5.16. The molecule has 1 saturated carbocycles. The maximum absolute atomic E-state index is 6.11. The summed E-state index contributed by atoms with van der Waals surface area (Å²) in [6.07, 6.45) is 7.70. The summed E-state index contributed by atoms with van der Waals surface area (Å²) in [5, 5.41) is 14.7. The van der Waals surface area contributed by atoms with Gasteiger partial charge in [-0.15, -0.1) is 34.2 Å². The second-order valence-corrected chi connectivity index (χ2v) is 7.16. The van der Waals surface area contributed by atoms with E-state index in [0.29, 0.717) is 12.6 Å². The molecular weight excluding hydrogens is 495 g/mol. The van der Waals surface area contributed by atoms with E-state index in [-0.39, 0.29) is 24.0 Å². The van der Waals surface area contributed by atoms with Crippen molar-refractivity contribution in [1.29, 1.82) is 0 Å². The molecule has 0 atom stereocenters. The van der Waals surface area contributed by atoms with Crippen LogP contribution >= 0.6 is 24.0 Å². The maximum Gasteiger partial charge on any atom is 0.191 e. The number of aliphatic imine (C=N–C) groups is 1. The molecule has 1 aliphatic rings. The minimum atomic E-state index is 0. The molecule has 1 aromatic heterocycles. The summed E-state index contributed by atoms with van der Waals surface area (Å²) in [7, 11) is 3.45. The van der Waals surface area contributed by atoms with Crippen molar-refractivity contribution in [1.82, 2.24) is 25.4 Å². The average molecular weight is 528 g/mol. The lowest BCUT2D eigenvalue weighted by molar-refractivity contribution is 0.200. The Morgan fingerprint density at radius 3 is 2.73 bits per heavy atom. The molecule has 0 unspecified atom stereocenters. The van der Waals surface area contributed by atoms with Crippen LogP contribution in [0.2, 0.25) is 0 Å². The van der Waals surface area contributed by atoms with Gasteiger partial charge in [0, 0.05) is 33.1 Å². The third kappa shape index (κ3) is 6.75. The van der Waals surface area contributed by atoms with Gasteiger partial charge in [-0.2, -0.15) is 0 Å². The summed E-state index contributed by atoms with van der Waals surface area (Å²) >= 11 is 0. The first-order valence-electron chi connectivity index (χ1n) is 10.4. The number of nitrogens with zero attached hydrogens (tertiary/aromatic N) is 4. The maximum atomic E-state index is 6.11. The zero-order valence-electron chi connectivity index (χ0n) is 18.1. The Morgan fingerprint density at radius 2 is 2.03 bits per heavy atom. The topological polar surface area (TPSA) is 85.6 Å². The van der Waals surface area contributed by atoms with Gasteiger partial charge in [-0.3, -0.25) is 4.99 Å². The Balaban J connectivity index is 0.00000320. The zero-order valence-corrected chi connectivity index (χ0v) is 20.4. The molecule has 0 radical (unpaired) electrons. The Bertz CT molecular complexity index is 805. The van der Waals surface area contributed by atoms with E-state index in [1.165, 1.54) is 12.8 Å². The number of guanidine groups is 1. The minimum Gasteiger partial charge on any atom is -0.493 e. The molecule has 1 fully saturated rings. The zero-order chi connectivity index (χ0) is 20.5. The predicted octanol–water partition coefficient (Wildman–Crippen LogP) is 3.15. The van der Waals surface area contributed by atoms with Gasteiger partial charge in [-0.1, -0.05) is 13.0 Å². The van der Waals surface area contributed by atoms with Crippen molar-refractivity contribution in [2.24, 2.45) is 4.99 Å². The van der Waals surface area contributed by atoms with Crippen molar-refractivity contribution in [3.05, 3.63) is 35.9 Å². The molecule has 9 heteroatoms. The molecule has 2 aromatic rings. The van der Waals surface area contributed by atoms with Gasteiger partial charge in [0.25, 0.3) is 0 Å². The van der Waals surface area contributed by atoms with Gasteiger partial charge in [0.05, 0.1) is 13.2 Å². The number of ether oxygens (including phenoxy) is 2. The summed E-state index contributed by atoms with van der Waals surface area (Å²) in [5.41, 5.74) is 1.11. The van der Waals surface area contributed by atoms with E-state index in [9.17, 15) is 0 Å². The lowest BCUT2D eigenvalue weighted by Gasteiger charge is -2.17. The molecule has 1 heterocycles. The molecule has 30 heavy (non-hydrogen) atoms. The van der Waals surface area contributed by atoms with Crippen molar-refractivity contribution >= 4 is 29.9 Å². The summed E-state index contributed by atoms with van der Waals surface area (Å²) in [6, 6.07) is 6.09. The van der Waals surface area contributed by atoms with E-state index in [1.54, 1.807) is 20.5 Å². The Hall–Kier alpha value is -2.04. The van der Waals surface area contributed by atoms with Gasteiger partial charge in [-0.05, 0) is 43.4 Å². The molecule has 2 N–H and O–H groups in total. The molecule has 3 rings (SSSR count). The number of benzene rings is 1. The first kappa shape index (κ1) is 24.2. The van der Waals surface area contributed by atoms with Crippen LogP contribution in [0, 0.1) is 0 Å². The largest absolute Gasteiger partial charge is 0.493 e. The molecular formula is C21H33IN6O2. The molecule has 0 bridgehead atoms. The van der Waals surface area contributed by atoms with Crippen molar-refractivity contribution in [2.75, 3.05) is 20.7 Å². The van der Waals surface area contributed by atoms with E-state index in [4.69, 9.17) is 9.47 Å². The van der Waals surface area contributed by atoms with Gasteiger partial charge in [-0.25, -0.2) is 0 Å². The second-order valence-electron chi connectivity index (χ2n) is 7.16. The number of aryl methyl sites for hydroxylation is 1. The van der Waals surface area contributed by atoms with Crippen LogP contribution in [-0.2, 0) is 19.5 Å². The highest BCUT2D eigenvalue weighted by Gasteiger charge is 2.18. The number of rotatable bonds is 9. The van der Waals surface area contributed by atoms with Crippen LogP contribution in [0.25, 0.3) is 0 Å².